The number of nitrogen functional groups attached to an aromatic ring is 1. The minimum Gasteiger partial charge on any atom is -0.398 e. The molecule has 1 heterocycles. The first-order chi connectivity index (χ1) is 9.06. The molecular weight excluding hydrogens is 302 g/mol. The Morgan fingerprint density at radius 3 is 3.00 bits per heavy atom. The molecule has 0 aliphatic carbocycles. The van der Waals surface area contributed by atoms with Crippen LogP contribution in [-0.2, 0) is 4.79 Å². The van der Waals surface area contributed by atoms with Crippen molar-refractivity contribution in [3.8, 4) is 0 Å². The third kappa shape index (κ3) is 3.86. The summed E-state index contributed by atoms with van der Waals surface area (Å²) in [7, 11) is 0. The highest BCUT2D eigenvalue weighted by Gasteiger charge is 2.10. The van der Waals surface area contributed by atoms with E-state index in [0.717, 1.165) is 10.6 Å². The molecule has 0 saturated carbocycles. The molecule has 0 aliphatic heterocycles. The van der Waals surface area contributed by atoms with Gasteiger partial charge in [0, 0.05) is 16.0 Å². The van der Waals surface area contributed by atoms with Crippen LogP contribution in [0.1, 0.15) is 5.69 Å². The molecule has 0 bridgehead atoms. The summed E-state index contributed by atoms with van der Waals surface area (Å²) in [6.45, 7) is 1.88. The Morgan fingerprint density at radius 2 is 2.37 bits per heavy atom. The highest BCUT2D eigenvalue weighted by molar-refractivity contribution is 8.00. The number of amides is 1. The third-order valence-electron chi connectivity index (χ3n) is 2.21. The third-order valence-corrected chi connectivity index (χ3v) is 4.66. The van der Waals surface area contributed by atoms with Crippen LogP contribution in [0.4, 0.5) is 10.8 Å². The molecule has 4 nitrogen and oxygen atoms in total. The summed E-state index contributed by atoms with van der Waals surface area (Å²) in [5.41, 5.74) is 7.29. The van der Waals surface area contributed by atoms with Crippen molar-refractivity contribution >= 4 is 51.4 Å². The molecule has 1 aromatic heterocycles. The topological polar surface area (TPSA) is 68.0 Å². The monoisotopic (exact) mass is 313 g/mol. The number of rotatable bonds is 4. The maximum absolute atomic E-state index is 11.8. The summed E-state index contributed by atoms with van der Waals surface area (Å²) in [4.78, 5) is 16.7. The largest absolute Gasteiger partial charge is 0.398 e. The Morgan fingerprint density at radius 1 is 1.58 bits per heavy atom. The second-order valence-corrected chi connectivity index (χ2v) is 6.04. The van der Waals surface area contributed by atoms with Gasteiger partial charge in [0.05, 0.1) is 16.5 Å². The summed E-state index contributed by atoms with van der Waals surface area (Å²) < 4.78 is 0. The number of halogens is 1. The first-order valence-corrected chi connectivity index (χ1v) is 7.69. The van der Waals surface area contributed by atoms with Crippen LogP contribution in [0.25, 0.3) is 0 Å². The van der Waals surface area contributed by atoms with E-state index in [-0.39, 0.29) is 11.7 Å². The fourth-order valence-electron chi connectivity index (χ4n) is 1.38. The van der Waals surface area contributed by atoms with Crippen molar-refractivity contribution in [2.75, 3.05) is 16.8 Å². The zero-order chi connectivity index (χ0) is 13.8. The van der Waals surface area contributed by atoms with Gasteiger partial charge in [0.25, 0.3) is 0 Å². The number of nitrogens with one attached hydrogen (secondary N) is 1. The molecule has 2 aromatic rings. The molecule has 0 unspecified atom stereocenters. The van der Waals surface area contributed by atoms with Gasteiger partial charge < -0.3 is 11.1 Å². The number of nitrogens with zero attached hydrogens (tertiary/aromatic N) is 1. The molecule has 3 N–H and O–H groups in total. The Labute approximate surface area is 124 Å². The van der Waals surface area contributed by atoms with Gasteiger partial charge >= 0.3 is 0 Å². The minimum absolute atomic E-state index is 0.126. The predicted molar refractivity (Wildman–Crippen MR) is 82.1 cm³/mol. The van der Waals surface area contributed by atoms with E-state index in [1.54, 1.807) is 18.2 Å². The summed E-state index contributed by atoms with van der Waals surface area (Å²) in [6.07, 6.45) is 0. The number of carbonyl (C=O) groups is 1. The number of anilines is 2. The average Bonchev–Trinajstić information content (AvgIpc) is 2.74. The number of thioether (sulfide) groups is 1. The summed E-state index contributed by atoms with van der Waals surface area (Å²) in [5.74, 6) is 0.116. The van der Waals surface area contributed by atoms with E-state index < -0.39 is 0 Å². The normalized spacial score (nSPS) is 10.4. The molecule has 19 heavy (non-hydrogen) atoms. The number of hydrogen-bond acceptors (Lipinski definition) is 5. The van der Waals surface area contributed by atoms with Crippen LogP contribution in [0.15, 0.2) is 28.5 Å². The lowest BCUT2D eigenvalue weighted by molar-refractivity contribution is -0.113. The predicted octanol–water partition coefficient (Wildman–Crippen LogP) is 3.42. The van der Waals surface area contributed by atoms with Crippen molar-refractivity contribution in [1.82, 2.24) is 4.98 Å². The second-order valence-electron chi connectivity index (χ2n) is 3.79. The minimum atomic E-state index is -0.126. The maximum atomic E-state index is 11.8. The highest BCUT2D eigenvalue weighted by atomic mass is 35.5. The molecule has 0 radical (unpaired) electrons. The van der Waals surface area contributed by atoms with Crippen molar-refractivity contribution in [3.05, 3.63) is 34.3 Å². The molecular formula is C12H12ClN3OS2. The van der Waals surface area contributed by atoms with Crippen molar-refractivity contribution in [2.45, 2.75) is 11.8 Å². The average molecular weight is 314 g/mol. The lowest BCUT2D eigenvalue weighted by Crippen LogP contribution is -2.14. The lowest BCUT2D eigenvalue weighted by Gasteiger charge is -2.07. The standard InChI is InChI=1S/C12H12ClN3OS2/c1-7-5-19-12(15-7)16-10(17)6-18-11-8(13)3-2-4-9(11)14/h2-5H,6,14H2,1H3,(H,15,16,17). The second kappa shape index (κ2) is 6.27. The Hall–Kier alpha value is -1.24. The molecule has 0 saturated heterocycles. The van der Waals surface area contributed by atoms with E-state index in [4.69, 9.17) is 17.3 Å². The van der Waals surface area contributed by atoms with E-state index in [9.17, 15) is 4.79 Å². The summed E-state index contributed by atoms with van der Waals surface area (Å²) >= 11 is 8.75. The van der Waals surface area contributed by atoms with Crippen LogP contribution >= 0.6 is 34.7 Å². The zero-order valence-electron chi connectivity index (χ0n) is 10.1. The van der Waals surface area contributed by atoms with Gasteiger partial charge in [-0.1, -0.05) is 17.7 Å². The van der Waals surface area contributed by atoms with Gasteiger partial charge in [-0.3, -0.25) is 4.79 Å². The number of benzene rings is 1. The number of hydrogen-bond donors (Lipinski definition) is 2. The van der Waals surface area contributed by atoms with Gasteiger partial charge in [-0.15, -0.1) is 23.1 Å². The van der Waals surface area contributed by atoms with E-state index in [1.807, 2.05) is 12.3 Å². The lowest BCUT2D eigenvalue weighted by atomic mass is 10.3. The first-order valence-electron chi connectivity index (χ1n) is 5.45. The number of thiazole rings is 1. The Bertz CT molecular complexity index is 580. The van der Waals surface area contributed by atoms with Crippen LogP contribution < -0.4 is 11.1 Å². The first kappa shape index (κ1) is 14.2. The van der Waals surface area contributed by atoms with E-state index in [0.29, 0.717) is 15.8 Å². The molecule has 100 valence electrons. The number of nitrogens with two attached hydrogens (primary N) is 1. The van der Waals surface area contributed by atoms with Gasteiger partial charge in [-0.2, -0.15) is 0 Å². The van der Waals surface area contributed by atoms with Crippen LogP contribution in [0.3, 0.4) is 0 Å². The van der Waals surface area contributed by atoms with E-state index in [1.165, 1.54) is 23.1 Å². The van der Waals surface area contributed by atoms with Crippen molar-refractivity contribution in [2.24, 2.45) is 0 Å². The van der Waals surface area contributed by atoms with Gasteiger partial charge in [-0.25, -0.2) is 4.98 Å². The smallest absolute Gasteiger partial charge is 0.236 e. The molecule has 0 atom stereocenters. The van der Waals surface area contributed by atoms with Crippen molar-refractivity contribution in [1.29, 1.82) is 0 Å². The van der Waals surface area contributed by atoms with Gasteiger partial charge in [0.15, 0.2) is 5.13 Å². The molecule has 0 spiro atoms. The van der Waals surface area contributed by atoms with Gasteiger partial charge in [0.2, 0.25) is 5.91 Å². The van der Waals surface area contributed by atoms with Crippen LogP contribution in [0, 0.1) is 6.92 Å². The van der Waals surface area contributed by atoms with Crippen molar-refractivity contribution in [3.63, 3.8) is 0 Å². The molecule has 0 fully saturated rings. The van der Waals surface area contributed by atoms with Crippen LogP contribution in [-0.4, -0.2) is 16.6 Å². The van der Waals surface area contributed by atoms with Crippen LogP contribution in [0.5, 0.6) is 0 Å². The van der Waals surface area contributed by atoms with Gasteiger partial charge in [0.1, 0.15) is 0 Å². The van der Waals surface area contributed by atoms with Crippen LogP contribution in [0.2, 0.25) is 5.02 Å². The molecule has 2 rings (SSSR count). The zero-order valence-corrected chi connectivity index (χ0v) is 12.5. The number of aryl methyl sites for hydroxylation is 1. The van der Waals surface area contributed by atoms with Crippen molar-refractivity contribution < 1.29 is 4.79 Å². The number of aromatic nitrogens is 1. The SMILES string of the molecule is Cc1csc(NC(=O)CSc2c(N)cccc2Cl)n1. The van der Waals surface area contributed by atoms with E-state index >= 15 is 0 Å². The van der Waals surface area contributed by atoms with E-state index in [2.05, 4.69) is 10.3 Å². The summed E-state index contributed by atoms with van der Waals surface area (Å²) in [6, 6.07) is 5.29. The fourth-order valence-corrected chi connectivity index (χ4v) is 3.22. The highest BCUT2D eigenvalue weighted by Crippen LogP contribution is 2.32. The maximum Gasteiger partial charge on any atom is 0.236 e. The quantitative estimate of drug-likeness (QED) is 0.670. The molecule has 1 aromatic carbocycles. The van der Waals surface area contributed by atoms with Gasteiger partial charge in [-0.05, 0) is 19.1 Å². The Kier molecular flexibility index (Phi) is 4.68. The molecule has 7 heteroatoms. The summed E-state index contributed by atoms with van der Waals surface area (Å²) in [5, 5.41) is 5.78. The molecule has 1 amide bonds. The molecule has 0 aliphatic rings. The Balaban J connectivity index is 1.93. The number of carbonyl (C=O) groups excluding carboxylic acids is 1. The fraction of sp³-hybridized carbons (Fsp3) is 0.167.